The van der Waals surface area contributed by atoms with E-state index in [9.17, 15) is 15.3 Å². The third kappa shape index (κ3) is 3.51. The Balaban J connectivity index is 1.93. The monoisotopic (exact) mass is 364 g/mol. The van der Waals surface area contributed by atoms with E-state index < -0.39 is 24.9 Å². The van der Waals surface area contributed by atoms with E-state index in [1.165, 1.54) is 13.3 Å². The van der Waals surface area contributed by atoms with Crippen molar-refractivity contribution < 1.29 is 20.1 Å². The molecule has 3 unspecified atom stereocenters. The number of anilines is 1. The molecule has 0 aliphatic rings. The topological polar surface area (TPSA) is 127 Å². The van der Waals surface area contributed by atoms with Gasteiger partial charge in [-0.2, -0.15) is 11.3 Å². The molecule has 0 aliphatic heterocycles. The lowest BCUT2D eigenvalue weighted by Gasteiger charge is -2.23. The van der Waals surface area contributed by atoms with E-state index in [1.54, 1.807) is 15.9 Å². The second-order valence-corrected chi connectivity index (χ2v) is 6.51. The minimum absolute atomic E-state index is 0.0338. The number of fused-ring (bicyclic) bond motifs is 1. The van der Waals surface area contributed by atoms with Crippen molar-refractivity contribution in [3.63, 3.8) is 0 Å². The molecule has 8 nitrogen and oxygen atoms in total. The minimum atomic E-state index is -1.19. The van der Waals surface area contributed by atoms with Crippen molar-refractivity contribution in [2.75, 3.05) is 12.3 Å². The van der Waals surface area contributed by atoms with Crippen LogP contribution in [0.3, 0.4) is 0 Å². The van der Waals surface area contributed by atoms with Crippen molar-refractivity contribution in [1.82, 2.24) is 14.5 Å². The molecule has 0 saturated heterocycles. The third-order valence-corrected chi connectivity index (χ3v) is 4.68. The molecule has 0 radical (unpaired) electrons. The summed E-state index contributed by atoms with van der Waals surface area (Å²) in [6.07, 6.45) is 0.0997. The van der Waals surface area contributed by atoms with Crippen LogP contribution in [0.25, 0.3) is 22.2 Å². The number of aromatic nitrogens is 3. The highest BCUT2D eigenvalue weighted by atomic mass is 32.1. The van der Waals surface area contributed by atoms with Crippen LogP contribution in [-0.4, -0.2) is 54.8 Å². The first-order valence-electron chi connectivity index (χ1n) is 7.73. The fourth-order valence-electron chi connectivity index (χ4n) is 2.63. The summed E-state index contributed by atoms with van der Waals surface area (Å²) in [5.41, 5.74) is 8.51. The number of nitrogen functional groups attached to an aromatic ring is 1. The molecule has 5 N–H and O–H groups in total. The standard InChI is InChI=1S/C16H20N4O4S/c1-9(22)14(23)12(5-21)24-8-20-4-11(10-2-3-25-6-10)13-15(17)18-7-19-16(13)20/h2-4,6-7,9,12,14,21-23H,5,8H2,1H3,(H2,17,18,19). The van der Waals surface area contributed by atoms with Gasteiger partial charge < -0.3 is 30.4 Å². The normalized spacial score (nSPS) is 15.4. The second-order valence-electron chi connectivity index (χ2n) is 5.73. The molecule has 3 heterocycles. The summed E-state index contributed by atoms with van der Waals surface area (Å²) in [5.74, 6) is 0.368. The van der Waals surface area contributed by atoms with E-state index in [0.29, 0.717) is 11.5 Å². The number of nitrogens with zero attached hydrogens (tertiary/aromatic N) is 3. The average molecular weight is 364 g/mol. The maximum Gasteiger partial charge on any atom is 0.148 e. The number of hydrogen-bond donors (Lipinski definition) is 4. The van der Waals surface area contributed by atoms with E-state index in [2.05, 4.69) is 9.97 Å². The van der Waals surface area contributed by atoms with Gasteiger partial charge in [0, 0.05) is 11.8 Å². The van der Waals surface area contributed by atoms with Crippen LogP contribution in [0.4, 0.5) is 5.82 Å². The first-order chi connectivity index (χ1) is 12.0. The largest absolute Gasteiger partial charge is 0.394 e. The zero-order valence-corrected chi connectivity index (χ0v) is 14.4. The summed E-state index contributed by atoms with van der Waals surface area (Å²) in [7, 11) is 0. The van der Waals surface area contributed by atoms with Crippen LogP contribution in [0.1, 0.15) is 6.92 Å². The summed E-state index contributed by atoms with van der Waals surface area (Å²) in [6, 6.07) is 1.98. The van der Waals surface area contributed by atoms with Crippen molar-refractivity contribution in [2.24, 2.45) is 0 Å². The highest BCUT2D eigenvalue weighted by Gasteiger charge is 2.24. The molecule has 3 aromatic heterocycles. The third-order valence-electron chi connectivity index (χ3n) is 4.00. The maximum absolute atomic E-state index is 9.89. The fraction of sp³-hybridized carbons (Fsp3) is 0.375. The molecule has 0 saturated carbocycles. The summed E-state index contributed by atoms with van der Waals surface area (Å²) < 4.78 is 7.32. The number of nitrogens with two attached hydrogens (primary N) is 1. The van der Waals surface area contributed by atoms with Crippen molar-refractivity contribution in [1.29, 1.82) is 0 Å². The molecule has 25 heavy (non-hydrogen) atoms. The molecule has 0 aliphatic carbocycles. The number of aliphatic hydroxyl groups is 3. The Kier molecular flexibility index (Phi) is 5.30. The van der Waals surface area contributed by atoms with Gasteiger partial charge in [-0.15, -0.1) is 0 Å². The van der Waals surface area contributed by atoms with Gasteiger partial charge in [0.25, 0.3) is 0 Å². The van der Waals surface area contributed by atoms with Gasteiger partial charge in [0.1, 0.15) is 36.7 Å². The Morgan fingerprint density at radius 3 is 2.80 bits per heavy atom. The van der Waals surface area contributed by atoms with Gasteiger partial charge in [-0.05, 0) is 29.3 Å². The quantitative estimate of drug-likeness (QED) is 0.489. The van der Waals surface area contributed by atoms with Gasteiger partial charge >= 0.3 is 0 Å². The lowest BCUT2D eigenvalue weighted by Crippen LogP contribution is -2.40. The summed E-state index contributed by atoms with van der Waals surface area (Å²) in [6.45, 7) is 1.05. The van der Waals surface area contributed by atoms with Crippen molar-refractivity contribution in [3.05, 3.63) is 29.4 Å². The Hall–Kier alpha value is -2.04. The number of aliphatic hydroxyl groups excluding tert-OH is 3. The van der Waals surface area contributed by atoms with E-state index >= 15 is 0 Å². The first kappa shape index (κ1) is 17.8. The van der Waals surface area contributed by atoms with Gasteiger partial charge in [0.05, 0.1) is 18.1 Å². The number of rotatable bonds is 7. The van der Waals surface area contributed by atoms with E-state index in [1.807, 2.05) is 23.0 Å². The SMILES string of the molecule is CC(O)C(O)C(CO)OCn1cc(-c2ccsc2)c2c(N)ncnc21. The van der Waals surface area contributed by atoms with Crippen LogP contribution < -0.4 is 5.73 Å². The van der Waals surface area contributed by atoms with Crippen LogP contribution in [-0.2, 0) is 11.5 Å². The highest BCUT2D eigenvalue weighted by Crippen LogP contribution is 2.33. The van der Waals surface area contributed by atoms with Crippen molar-refractivity contribution in [3.8, 4) is 11.1 Å². The molecule has 134 valence electrons. The van der Waals surface area contributed by atoms with Crippen molar-refractivity contribution >= 4 is 28.2 Å². The van der Waals surface area contributed by atoms with Crippen LogP contribution in [0.15, 0.2) is 29.4 Å². The highest BCUT2D eigenvalue weighted by molar-refractivity contribution is 7.08. The Bertz CT molecular complexity index is 834. The van der Waals surface area contributed by atoms with Crippen LogP contribution >= 0.6 is 11.3 Å². The van der Waals surface area contributed by atoms with Gasteiger partial charge in [-0.25, -0.2) is 9.97 Å². The molecule has 3 atom stereocenters. The van der Waals surface area contributed by atoms with E-state index in [-0.39, 0.29) is 6.73 Å². The lowest BCUT2D eigenvalue weighted by atomic mass is 10.1. The summed E-state index contributed by atoms with van der Waals surface area (Å²) in [4.78, 5) is 8.33. The molecule has 3 aromatic rings. The predicted molar refractivity (Wildman–Crippen MR) is 94.9 cm³/mol. The van der Waals surface area contributed by atoms with Gasteiger partial charge in [0.15, 0.2) is 0 Å². The Morgan fingerprint density at radius 2 is 2.16 bits per heavy atom. The zero-order valence-electron chi connectivity index (χ0n) is 13.6. The number of ether oxygens (including phenoxy) is 1. The van der Waals surface area contributed by atoms with Crippen LogP contribution in [0.2, 0.25) is 0 Å². The molecular weight excluding hydrogens is 344 g/mol. The predicted octanol–water partition coefficient (Wildman–Crippen LogP) is 0.819. The lowest BCUT2D eigenvalue weighted by molar-refractivity contribution is -0.119. The maximum atomic E-state index is 9.89. The molecule has 0 amide bonds. The van der Waals surface area contributed by atoms with Gasteiger partial charge in [-0.3, -0.25) is 0 Å². The molecule has 0 aromatic carbocycles. The average Bonchev–Trinajstić information content (AvgIpc) is 3.23. The fourth-order valence-corrected chi connectivity index (χ4v) is 3.28. The zero-order chi connectivity index (χ0) is 18.0. The first-order valence-corrected chi connectivity index (χ1v) is 8.67. The summed E-state index contributed by atoms with van der Waals surface area (Å²) >= 11 is 1.57. The molecular formula is C16H20N4O4S. The van der Waals surface area contributed by atoms with Crippen LogP contribution in [0, 0.1) is 0 Å². The smallest absolute Gasteiger partial charge is 0.148 e. The van der Waals surface area contributed by atoms with E-state index in [4.69, 9.17) is 10.5 Å². The molecule has 0 fully saturated rings. The Labute approximate surface area is 148 Å². The van der Waals surface area contributed by atoms with Gasteiger partial charge in [-0.1, -0.05) is 0 Å². The molecule has 0 spiro atoms. The molecule has 3 rings (SSSR count). The van der Waals surface area contributed by atoms with Crippen LogP contribution in [0.5, 0.6) is 0 Å². The van der Waals surface area contributed by atoms with Crippen molar-refractivity contribution in [2.45, 2.75) is 32.0 Å². The number of hydrogen-bond acceptors (Lipinski definition) is 8. The molecule has 9 heteroatoms. The molecule has 0 bridgehead atoms. The summed E-state index contributed by atoms with van der Waals surface area (Å²) in [5, 5.41) is 33.4. The second kappa shape index (κ2) is 7.46. The Morgan fingerprint density at radius 1 is 1.36 bits per heavy atom. The van der Waals surface area contributed by atoms with E-state index in [0.717, 1.165) is 16.5 Å². The van der Waals surface area contributed by atoms with Gasteiger partial charge in [0.2, 0.25) is 0 Å². The minimum Gasteiger partial charge on any atom is -0.394 e. The number of thiophene rings is 1.